The quantitative estimate of drug-likeness (QED) is 0.874. The highest BCUT2D eigenvalue weighted by Gasteiger charge is 2.21. The first-order valence-corrected chi connectivity index (χ1v) is 7.98. The standard InChI is InChI=1S/C13H20N2O2S/c1-11-4-6-13(7-5-11)15-18(16,17)10-12-3-2-8-14-9-12/h4-7,12,14-15H,2-3,8-10H2,1H3. The molecule has 1 fully saturated rings. The minimum absolute atomic E-state index is 0.202. The maximum absolute atomic E-state index is 12.0. The lowest BCUT2D eigenvalue weighted by Gasteiger charge is -2.22. The van der Waals surface area contributed by atoms with Crippen LogP contribution < -0.4 is 10.0 Å². The zero-order valence-electron chi connectivity index (χ0n) is 10.6. The van der Waals surface area contributed by atoms with Crippen LogP contribution in [0.15, 0.2) is 24.3 Å². The molecule has 0 radical (unpaired) electrons. The molecule has 0 amide bonds. The van der Waals surface area contributed by atoms with Crippen LogP contribution in [0.2, 0.25) is 0 Å². The van der Waals surface area contributed by atoms with Crippen molar-refractivity contribution in [2.24, 2.45) is 5.92 Å². The molecule has 0 aromatic heterocycles. The van der Waals surface area contributed by atoms with E-state index in [-0.39, 0.29) is 11.7 Å². The number of piperidine rings is 1. The third-order valence-electron chi connectivity index (χ3n) is 3.18. The van der Waals surface area contributed by atoms with E-state index in [0.29, 0.717) is 5.69 Å². The van der Waals surface area contributed by atoms with Crippen LogP contribution >= 0.6 is 0 Å². The lowest BCUT2D eigenvalue weighted by atomic mass is 10.0. The molecule has 100 valence electrons. The van der Waals surface area contributed by atoms with Crippen LogP contribution in [0.3, 0.4) is 0 Å². The van der Waals surface area contributed by atoms with Gasteiger partial charge in [0, 0.05) is 5.69 Å². The predicted molar refractivity (Wildman–Crippen MR) is 74.2 cm³/mol. The number of sulfonamides is 1. The number of rotatable bonds is 4. The number of hydrogen-bond donors (Lipinski definition) is 2. The summed E-state index contributed by atoms with van der Waals surface area (Å²) < 4.78 is 26.7. The van der Waals surface area contributed by atoms with Crippen molar-refractivity contribution in [3.63, 3.8) is 0 Å². The number of hydrogen-bond acceptors (Lipinski definition) is 3. The average Bonchev–Trinajstić information content (AvgIpc) is 2.32. The van der Waals surface area contributed by atoms with E-state index in [0.717, 1.165) is 31.5 Å². The highest BCUT2D eigenvalue weighted by Crippen LogP contribution is 2.16. The van der Waals surface area contributed by atoms with Crippen LogP contribution in [0.25, 0.3) is 0 Å². The minimum atomic E-state index is -3.24. The zero-order chi connectivity index (χ0) is 13.0. The molecule has 0 bridgehead atoms. The first-order chi connectivity index (χ1) is 8.55. The van der Waals surface area contributed by atoms with E-state index in [1.54, 1.807) is 12.1 Å². The van der Waals surface area contributed by atoms with Crippen molar-refractivity contribution in [2.45, 2.75) is 19.8 Å². The van der Waals surface area contributed by atoms with Gasteiger partial charge in [-0.2, -0.15) is 0 Å². The van der Waals surface area contributed by atoms with Crippen molar-refractivity contribution in [1.29, 1.82) is 0 Å². The van der Waals surface area contributed by atoms with E-state index >= 15 is 0 Å². The van der Waals surface area contributed by atoms with Gasteiger partial charge in [0.05, 0.1) is 5.75 Å². The molecule has 1 unspecified atom stereocenters. The van der Waals surface area contributed by atoms with Gasteiger partial charge in [0.15, 0.2) is 0 Å². The van der Waals surface area contributed by atoms with Crippen LogP contribution in [0.1, 0.15) is 18.4 Å². The molecule has 0 spiro atoms. The molecule has 1 saturated heterocycles. The van der Waals surface area contributed by atoms with Gasteiger partial charge in [0.25, 0.3) is 0 Å². The third-order valence-corrected chi connectivity index (χ3v) is 4.64. The minimum Gasteiger partial charge on any atom is -0.316 e. The van der Waals surface area contributed by atoms with E-state index in [9.17, 15) is 8.42 Å². The summed E-state index contributed by atoms with van der Waals surface area (Å²) in [5, 5.41) is 3.24. The van der Waals surface area contributed by atoms with Gasteiger partial charge in [-0.25, -0.2) is 8.42 Å². The van der Waals surface area contributed by atoms with Crippen LogP contribution in [0.4, 0.5) is 5.69 Å². The molecule has 1 aliphatic heterocycles. The van der Waals surface area contributed by atoms with E-state index in [1.165, 1.54) is 0 Å². The number of nitrogens with one attached hydrogen (secondary N) is 2. The Morgan fingerprint density at radius 3 is 2.67 bits per heavy atom. The summed E-state index contributed by atoms with van der Waals surface area (Å²) in [5.41, 5.74) is 1.76. The molecule has 5 heteroatoms. The Hall–Kier alpha value is -1.07. The Kier molecular flexibility index (Phi) is 4.24. The monoisotopic (exact) mass is 268 g/mol. The summed E-state index contributed by atoms with van der Waals surface area (Å²) >= 11 is 0. The van der Waals surface area contributed by atoms with Gasteiger partial charge in [-0.1, -0.05) is 17.7 Å². The molecule has 18 heavy (non-hydrogen) atoms. The van der Waals surface area contributed by atoms with Gasteiger partial charge in [-0.3, -0.25) is 4.72 Å². The fourth-order valence-corrected chi connectivity index (χ4v) is 3.70. The molecule has 0 aliphatic carbocycles. The largest absolute Gasteiger partial charge is 0.316 e. The molecular weight excluding hydrogens is 248 g/mol. The Morgan fingerprint density at radius 1 is 1.33 bits per heavy atom. The van der Waals surface area contributed by atoms with Crippen molar-refractivity contribution in [3.8, 4) is 0 Å². The average molecular weight is 268 g/mol. The number of aryl methyl sites for hydroxylation is 1. The normalized spacial score (nSPS) is 20.6. The lowest BCUT2D eigenvalue weighted by molar-refractivity contribution is 0.404. The van der Waals surface area contributed by atoms with Gasteiger partial charge in [-0.05, 0) is 50.9 Å². The molecule has 2 N–H and O–H groups in total. The van der Waals surface area contributed by atoms with E-state index in [1.807, 2.05) is 19.1 Å². The molecule has 0 saturated carbocycles. The lowest BCUT2D eigenvalue weighted by Crippen LogP contribution is -2.35. The van der Waals surface area contributed by atoms with E-state index in [2.05, 4.69) is 10.0 Å². The van der Waals surface area contributed by atoms with Crippen LogP contribution in [0, 0.1) is 12.8 Å². The second kappa shape index (κ2) is 5.71. The zero-order valence-corrected chi connectivity index (χ0v) is 11.5. The molecular formula is C13H20N2O2S. The van der Waals surface area contributed by atoms with Gasteiger partial charge >= 0.3 is 0 Å². The second-order valence-electron chi connectivity index (χ2n) is 4.96. The Morgan fingerprint density at radius 2 is 2.06 bits per heavy atom. The smallest absolute Gasteiger partial charge is 0.233 e. The topological polar surface area (TPSA) is 58.2 Å². The summed E-state index contributed by atoms with van der Waals surface area (Å²) in [4.78, 5) is 0. The van der Waals surface area contributed by atoms with Gasteiger partial charge in [0.1, 0.15) is 0 Å². The summed E-state index contributed by atoms with van der Waals surface area (Å²) in [6.07, 6.45) is 2.05. The summed E-state index contributed by atoms with van der Waals surface area (Å²) in [7, 11) is -3.24. The fourth-order valence-electron chi connectivity index (χ4n) is 2.22. The summed E-state index contributed by atoms with van der Waals surface area (Å²) in [6.45, 7) is 3.78. The van der Waals surface area contributed by atoms with Gasteiger partial charge in [-0.15, -0.1) is 0 Å². The van der Waals surface area contributed by atoms with Crippen molar-refractivity contribution in [2.75, 3.05) is 23.6 Å². The maximum atomic E-state index is 12.0. The second-order valence-corrected chi connectivity index (χ2v) is 6.73. The fraction of sp³-hybridized carbons (Fsp3) is 0.538. The van der Waals surface area contributed by atoms with Gasteiger partial charge < -0.3 is 5.32 Å². The SMILES string of the molecule is Cc1ccc(NS(=O)(=O)CC2CCCNC2)cc1. The van der Waals surface area contributed by atoms with Crippen LogP contribution in [-0.4, -0.2) is 27.3 Å². The number of benzene rings is 1. The van der Waals surface area contributed by atoms with Crippen LogP contribution in [-0.2, 0) is 10.0 Å². The molecule has 1 heterocycles. The molecule has 1 atom stereocenters. The predicted octanol–water partition coefficient (Wildman–Crippen LogP) is 1.74. The highest BCUT2D eigenvalue weighted by molar-refractivity contribution is 7.92. The molecule has 4 nitrogen and oxygen atoms in total. The van der Waals surface area contributed by atoms with E-state index < -0.39 is 10.0 Å². The van der Waals surface area contributed by atoms with Crippen molar-refractivity contribution >= 4 is 15.7 Å². The van der Waals surface area contributed by atoms with Gasteiger partial charge in [0.2, 0.25) is 10.0 Å². The summed E-state index contributed by atoms with van der Waals surface area (Å²) in [5.74, 6) is 0.426. The van der Waals surface area contributed by atoms with Crippen molar-refractivity contribution < 1.29 is 8.42 Å². The Balaban J connectivity index is 1.96. The molecule has 1 aliphatic rings. The molecule has 1 aromatic carbocycles. The first-order valence-electron chi connectivity index (χ1n) is 6.33. The van der Waals surface area contributed by atoms with Crippen LogP contribution in [0.5, 0.6) is 0 Å². The molecule has 2 rings (SSSR count). The van der Waals surface area contributed by atoms with E-state index in [4.69, 9.17) is 0 Å². The summed E-state index contributed by atoms with van der Waals surface area (Å²) in [6, 6.07) is 7.40. The van der Waals surface area contributed by atoms with Crippen molar-refractivity contribution in [3.05, 3.63) is 29.8 Å². The maximum Gasteiger partial charge on any atom is 0.233 e. The number of anilines is 1. The Labute approximate surface area is 109 Å². The molecule has 1 aromatic rings. The third kappa shape index (κ3) is 3.99. The van der Waals surface area contributed by atoms with Crippen molar-refractivity contribution in [1.82, 2.24) is 5.32 Å². The highest BCUT2D eigenvalue weighted by atomic mass is 32.2. The first kappa shape index (κ1) is 13.4. The Bertz CT molecular complexity index is 476.